The molecule has 0 aliphatic heterocycles. The quantitative estimate of drug-likeness (QED) is 0.595. The van der Waals surface area contributed by atoms with E-state index >= 15 is 0 Å². The lowest BCUT2D eigenvalue weighted by Crippen LogP contribution is -2.20. The number of hydrogen-bond donors (Lipinski definition) is 1. The molecule has 5 heteroatoms. The van der Waals surface area contributed by atoms with Crippen LogP contribution in [0.5, 0.6) is 0 Å². The molecule has 1 aromatic rings. The number of carbonyl (C=O) groups is 1. The summed E-state index contributed by atoms with van der Waals surface area (Å²) in [6, 6.07) is 5.63. The first-order chi connectivity index (χ1) is 8.09. The fraction of sp³-hybridized carbons (Fsp3) is 0.333. The smallest absolute Gasteiger partial charge is 0.334 e. The Morgan fingerprint density at radius 3 is 2.88 bits per heavy atom. The summed E-state index contributed by atoms with van der Waals surface area (Å²) in [5, 5.41) is 0. The Morgan fingerprint density at radius 2 is 2.29 bits per heavy atom. The van der Waals surface area contributed by atoms with Crippen LogP contribution in [-0.2, 0) is 16.0 Å². The van der Waals surface area contributed by atoms with Crippen molar-refractivity contribution in [1.29, 1.82) is 0 Å². The van der Waals surface area contributed by atoms with Gasteiger partial charge in [0.15, 0.2) is 0 Å². The highest BCUT2D eigenvalue weighted by molar-refractivity contribution is 5.82. The third-order valence-electron chi connectivity index (χ3n) is 2.11. The molecule has 17 heavy (non-hydrogen) atoms. The van der Waals surface area contributed by atoms with Crippen molar-refractivity contribution >= 4 is 5.97 Å². The SMILES string of the molecule is CN(C)C(N)=CC(=O)OCCc1ccccn1. The van der Waals surface area contributed by atoms with E-state index in [4.69, 9.17) is 10.5 Å². The van der Waals surface area contributed by atoms with Gasteiger partial charge >= 0.3 is 5.97 Å². The summed E-state index contributed by atoms with van der Waals surface area (Å²) < 4.78 is 5.00. The molecule has 0 atom stereocenters. The van der Waals surface area contributed by atoms with Crippen molar-refractivity contribution in [1.82, 2.24) is 9.88 Å². The maximum atomic E-state index is 11.3. The Labute approximate surface area is 101 Å². The van der Waals surface area contributed by atoms with Gasteiger partial charge < -0.3 is 15.4 Å². The average molecular weight is 235 g/mol. The van der Waals surface area contributed by atoms with E-state index in [-0.39, 0.29) is 0 Å². The number of pyridine rings is 1. The lowest BCUT2D eigenvalue weighted by Gasteiger charge is -2.11. The highest BCUT2D eigenvalue weighted by Gasteiger charge is 2.02. The lowest BCUT2D eigenvalue weighted by molar-refractivity contribution is -0.137. The molecule has 0 unspecified atom stereocenters. The maximum Gasteiger partial charge on any atom is 0.334 e. The second kappa shape index (κ2) is 6.52. The van der Waals surface area contributed by atoms with Crippen molar-refractivity contribution in [3.05, 3.63) is 42.0 Å². The monoisotopic (exact) mass is 235 g/mol. The third kappa shape index (κ3) is 5.01. The zero-order valence-electron chi connectivity index (χ0n) is 10.1. The molecular weight excluding hydrogens is 218 g/mol. The van der Waals surface area contributed by atoms with Crippen LogP contribution in [0.1, 0.15) is 5.69 Å². The van der Waals surface area contributed by atoms with Gasteiger partial charge in [0.1, 0.15) is 5.82 Å². The van der Waals surface area contributed by atoms with Crippen molar-refractivity contribution < 1.29 is 9.53 Å². The lowest BCUT2D eigenvalue weighted by atomic mass is 10.3. The number of rotatable bonds is 5. The largest absolute Gasteiger partial charge is 0.462 e. The van der Waals surface area contributed by atoms with Crippen LogP contribution in [0.3, 0.4) is 0 Å². The van der Waals surface area contributed by atoms with Crippen LogP contribution < -0.4 is 5.73 Å². The Morgan fingerprint density at radius 1 is 1.53 bits per heavy atom. The Bertz CT molecular complexity index is 388. The number of aromatic nitrogens is 1. The van der Waals surface area contributed by atoms with Gasteiger partial charge in [-0.05, 0) is 12.1 Å². The van der Waals surface area contributed by atoms with Crippen LogP contribution in [0.25, 0.3) is 0 Å². The highest BCUT2D eigenvalue weighted by atomic mass is 16.5. The fourth-order valence-corrected chi connectivity index (χ4v) is 1.09. The van der Waals surface area contributed by atoms with Crippen molar-refractivity contribution in [2.45, 2.75) is 6.42 Å². The number of nitrogens with two attached hydrogens (primary N) is 1. The molecule has 92 valence electrons. The van der Waals surface area contributed by atoms with E-state index in [0.29, 0.717) is 18.8 Å². The van der Waals surface area contributed by atoms with Crippen LogP contribution in [0.15, 0.2) is 36.3 Å². The summed E-state index contributed by atoms with van der Waals surface area (Å²) in [4.78, 5) is 17.1. The first-order valence-electron chi connectivity index (χ1n) is 5.31. The number of hydrogen-bond acceptors (Lipinski definition) is 5. The van der Waals surface area contributed by atoms with Crippen molar-refractivity contribution in [2.24, 2.45) is 5.73 Å². The van der Waals surface area contributed by atoms with Crippen LogP contribution >= 0.6 is 0 Å². The molecule has 0 saturated carbocycles. The summed E-state index contributed by atoms with van der Waals surface area (Å²) in [5.74, 6) is -0.0695. The second-order valence-electron chi connectivity index (χ2n) is 3.70. The summed E-state index contributed by atoms with van der Waals surface area (Å²) >= 11 is 0. The van der Waals surface area contributed by atoms with Gasteiger partial charge in [-0.3, -0.25) is 4.98 Å². The first kappa shape index (κ1) is 13.0. The molecule has 0 fully saturated rings. The van der Waals surface area contributed by atoms with Gasteiger partial charge in [0.2, 0.25) is 0 Å². The Balaban J connectivity index is 2.32. The van der Waals surface area contributed by atoms with Crippen molar-refractivity contribution in [3.63, 3.8) is 0 Å². The molecule has 2 N–H and O–H groups in total. The minimum absolute atomic E-state index is 0.299. The van der Waals surface area contributed by atoms with Crippen LogP contribution in [-0.4, -0.2) is 36.6 Å². The Hall–Kier alpha value is -2.04. The fourth-order valence-electron chi connectivity index (χ4n) is 1.09. The second-order valence-corrected chi connectivity index (χ2v) is 3.70. The van der Waals surface area contributed by atoms with Gasteiger partial charge in [-0.25, -0.2) is 4.79 Å². The first-order valence-corrected chi connectivity index (χ1v) is 5.31. The molecule has 5 nitrogen and oxygen atoms in total. The number of ether oxygens (including phenoxy) is 1. The molecule has 1 heterocycles. The van der Waals surface area contributed by atoms with Crippen LogP contribution in [0.4, 0.5) is 0 Å². The number of nitrogens with zero attached hydrogens (tertiary/aromatic N) is 2. The topological polar surface area (TPSA) is 68.5 Å². The van der Waals surface area contributed by atoms with E-state index in [9.17, 15) is 4.79 Å². The molecule has 0 amide bonds. The third-order valence-corrected chi connectivity index (χ3v) is 2.11. The predicted octanol–water partition coefficient (Wildman–Crippen LogP) is 0.529. The van der Waals surface area contributed by atoms with Gasteiger partial charge in [0, 0.05) is 32.4 Å². The summed E-state index contributed by atoms with van der Waals surface area (Å²) in [7, 11) is 3.51. The van der Waals surface area contributed by atoms with Crippen molar-refractivity contribution in [2.75, 3.05) is 20.7 Å². The zero-order valence-corrected chi connectivity index (χ0v) is 10.1. The maximum absolute atomic E-state index is 11.3. The van der Waals surface area contributed by atoms with Crippen LogP contribution in [0, 0.1) is 0 Å². The minimum Gasteiger partial charge on any atom is -0.462 e. The summed E-state index contributed by atoms with van der Waals surface area (Å²) in [6.45, 7) is 0.299. The van der Waals surface area contributed by atoms with Gasteiger partial charge in [0.05, 0.1) is 12.7 Å². The molecule has 0 bridgehead atoms. The number of carbonyl (C=O) groups excluding carboxylic acids is 1. The van der Waals surface area contributed by atoms with E-state index in [0.717, 1.165) is 5.69 Å². The molecule has 0 saturated heterocycles. The average Bonchev–Trinajstić information content (AvgIpc) is 2.30. The molecule has 0 aliphatic carbocycles. The predicted molar refractivity (Wildman–Crippen MR) is 64.9 cm³/mol. The summed E-state index contributed by atoms with van der Waals surface area (Å²) in [5.41, 5.74) is 6.47. The van der Waals surface area contributed by atoms with Crippen LogP contribution in [0.2, 0.25) is 0 Å². The van der Waals surface area contributed by atoms with E-state index in [1.54, 1.807) is 25.2 Å². The van der Waals surface area contributed by atoms with E-state index in [1.165, 1.54) is 6.08 Å². The minimum atomic E-state index is -0.438. The molecule has 1 rings (SSSR count). The van der Waals surface area contributed by atoms with Gasteiger partial charge in [-0.1, -0.05) is 6.07 Å². The molecule has 1 aromatic heterocycles. The van der Waals surface area contributed by atoms with Gasteiger partial charge in [0.25, 0.3) is 0 Å². The Kier molecular flexibility index (Phi) is 5.00. The number of esters is 1. The molecule has 0 aromatic carbocycles. The molecule has 0 radical (unpaired) electrons. The zero-order chi connectivity index (χ0) is 12.7. The normalized spacial score (nSPS) is 11.1. The summed E-state index contributed by atoms with van der Waals surface area (Å²) in [6.07, 6.45) is 3.57. The van der Waals surface area contributed by atoms with Crippen molar-refractivity contribution in [3.8, 4) is 0 Å². The molecule has 0 spiro atoms. The highest BCUT2D eigenvalue weighted by Crippen LogP contribution is 1.96. The van der Waals surface area contributed by atoms with E-state index < -0.39 is 5.97 Å². The van der Waals surface area contributed by atoms with Gasteiger partial charge in [-0.2, -0.15) is 0 Å². The van der Waals surface area contributed by atoms with E-state index in [2.05, 4.69) is 4.98 Å². The molecule has 0 aliphatic rings. The standard InChI is InChI=1S/C12H17N3O2/c1-15(2)11(13)9-12(16)17-8-6-10-5-3-4-7-14-10/h3-5,7,9H,6,8,13H2,1-2H3. The molecular formula is C12H17N3O2. The van der Waals surface area contributed by atoms with Gasteiger partial charge in [-0.15, -0.1) is 0 Å². The van der Waals surface area contributed by atoms with E-state index in [1.807, 2.05) is 18.2 Å².